The van der Waals surface area contributed by atoms with Gasteiger partial charge in [0.25, 0.3) is 0 Å². The molecule has 2 atom stereocenters. The largest absolute Gasteiger partial charge is 0.474 e. The molecule has 0 amide bonds. The minimum Gasteiger partial charge on any atom is -0.474 e. The van der Waals surface area contributed by atoms with E-state index in [1.807, 2.05) is 0 Å². The molecule has 0 saturated heterocycles. The Balaban J connectivity index is 1.94. The molecule has 5 nitrogen and oxygen atoms in total. The summed E-state index contributed by atoms with van der Waals surface area (Å²) in [7, 11) is 1.75. The van der Waals surface area contributed by atoms with Crippen LogP contribution in [-0.4, -0.2) is 29.3 Å². The van der Waals surface area contributed by atoms with E-state index in [1.54, 1.807) is 19.4 Å². The Bertz CT molecular complexity index is 346. The average Bonchev–Trinajstić information content (AvgIpc) is 2.29. The van der Waals surface area contributed by atoms with Gasteiger partial charge >= 0.3 is 0 Å². The maximum absolute atomic E-state index is 5.76. The van der Waals surface area contributed by atoms with Gasteiger partial charge in [0, 0.05) is 25.8 Å². The quantitative estimate of drug-likeness (QED) is 0.838. The SMILES string of the molecule is CO[C@H]1CCC[C@@H](Oc2ccnc(N)n2)C1. The lowest BCUT2D eigenvalue weighted by atomic mass is 9.95. The van der Waals surface area contributed by atoms with Crippen molar-refractivity contribution in [3.63, 3.8) is 0 Å². The monoisotopic (exact) mass is 223 g/mol. The van der Waals surface area contributed by atoms with Gasteiger partial charge in [0.05, 0.1) is 6.10 Å². The normalized spacial score (nSPS) is 25.3. The van der Waals surface area contributed by atoms with E-state index >= 15 is 0 Å². The van der Waals surface area contributed by atoms with Crippen molar-refractivity contribution in [1.29, 1.82) is 0 Å². The molecule has 1 aliphatic carbocycles. The number of hydrogen-bond donors (Lipinski definition) is 1. The standard InChI is InChI=1S/C11H17N3O2/c1-15-8-3-2-4-9(7-8)16-10-5-6-13-11(12)14-10/h5-6,8-9H,2-4,7H2,1H3,(H2,12,13,14)/t8-,9+/m0/s1. The average molecular weight is 223 g/mol. The summed E-state index contributed by atoms with van der Waals surface area (Å²) in [4.78, 5) is 7.85. The molecule has 1 aromatic heterocycles. The van der Waals surface area contributed by atoms with Crippen LogP contribution in [0.4, 0.5) is 5.95 Å². The fourth-order valence-corrected chi connectivity index (χ4v) is 2.02. The van der Waals surface area contributed by atoms with E-state index in [-0.39, 0.29) is 12.1 Å². The van der Waals surface area contributed by atoms with Gasteiger partial charge in [-0.15, -0.1) is 0 Å². The Labute approximate surface area is 95.0 Å². The number of anilines is 1. The Morgan fingerprint density at radius 2 is 2.19 bits per heavy atom. The van der Waals surface area contributed by atoms with Crippen molar-refractivity contribution in [2.75, 3.05) is 12.8 Å². The fourth-order valence-electron chi connectivity index (χ4n) is 2.02. The predicted octanol–water partition coefficient (Wildman–Crippen LogP) is 1.40. The number of aromatic nitrogens is 2. The highest BCUT2D eigenvalue weighted by Crippen LogP contribution is 2.24. The molecule has 1 heterocycles. The van der Waals surface area contributed by atoms with Gasteiger partial charge in [0.1, 0.15) is 6.10 Å². The summed E-state index contributed by atoms with van der Waals surface area (Å²) in [6.45, 7) is 0. The zero-order chi connectivity index (χ0) is 11.4. The molecule has 0 aliphatic heterocycles. The highest BCUT2D eigenvalue weighted by molar-refractivity contribution is 5.20. The summed E-state index contributed by atoms with van der Waals surface area (Å²) in [5.74, 6) is 0.797. The van der Waals surface area contributed by atoms with E-state index < -0.39 is 0 Å². The lowest BCUT2D eigenvalue weighted by Crippen LogP contribution is -2.29. The first-order valence-corrected chi connectivity index (χ1v) is 5.56. The van der Waals surface area contributed by atoms with Gasteiger partial charge in [0.2, 0.25) is 11.8 Å². The van der Waals surface area contributed by atoms with E-state index in [0.717, 1.165) is 25.7 Å². The number of ether oxygens (including phenoxy) is 2. The van der Waals surface area contributed by atoms with Crippen LogP contribution in [0.1, 0.15) is 25.7 Å². The summed E-state index contributed by atoms with van der Waals surface area (Å²) in [6.07, 6.45) is 6.29. The molecule has 88 valence electrons. The third kappa shape index (κ3) is 2.82. The molecule has 16 heavy (non-hydrogen) atoms. The lowest BCUT2D eigenvalue weighted by Gasteiger charge is -2.28. The van der Waals surface area contributed by atoms with Crippen LogP contribution in [0.25, 0.3) is 0 Å². The van der Waals surface area contributed by atoms with Crippen LogP contribution >= 0.6 is 0 Å². The van der Waals surface area contributed by atoms with Gasteiger partial charge in [0.15, 0.2) is 0 Å². The van der Waals surface area contributed by atoms with E-state index in [0.29, 0.717) is 12.0 Å². The second-order valence-electron chi connectivity index (χ2n) is 4.02. The van der Waals surface area contributed by atoms with Crippen LogP contribution in [0, 0.1) is 0 Å². The minimum atomic E-state index is 0.174. The number of nitrogens with zero attached hydrogens (tertiary/aromatic N) is 2. The smallest absolute Gasteiger partial charge is 0.223 e. The van der Waals surface area contributed by atoms with Crippen LogP contribution < -0.4 is 10.5 Å². The molecule has 0 bridgehead atoms. The summed E-state index contributed by atoms with van der Waals surface area (Å²) in [5, 5.41) is 0. The van der Waals surface area contributed by atoms with Crippen molar-refractivity contribution >= 4 is 5.95 Å². The number of rotatable bonds is 3. The molecular formula is C11H17N3O2. The molecule has 2 N–H and O–H groups in total. The lowest BCUT2D eigenvalue weighted by molar-refractivity contribution is 0.0195. The van der Waals surface area contributed by atoms with Crippen LogP contribution in [0.15, 0.2) is 12.3 Å². The first-order valence-electron chi connectivity index (χ1n) is 5.56. The van der Waals surface area contributed by atoms with E-state index in [1.165, 1.54) is 0 Å². The van der Waals surface area contributed by atoms with Gasteiger partial charge in [-0.1, -0.05) is 0 Å². The third-order valence-electron chi connectivity index (χ3n) is 2.85. The van der Waals surface area contributed by atoms with Crippen molar-refractivity contribution in [3.05, 3.63) is 12.3 Å². The van der Waals surface area contributed by atoms with Crippen LogP contribution in [0.5, 0.6) is 5.88 Å². The Kier molecular flexibility index (Phi) is 3.56. The molecule has 1 saturated carbocycles. The first kappa shape index (κ1) is 11.1. The van der Waals surface area contributed by atoms with Crippen molar-refractivity contribution in [2.24, 2.45) is 0 Å². The topological polar surface area (TPSA) is 70.3 Å². The molecule has 2 rings (SSSR count). The Hall–Kier alpha value is -1.36. The zero-order valence-electron chi connectivity index (χ0n) is 9.43. The highest BCUT2D eigenvalue weighted by atomic mass is 16.5. The fraction of sp³-hybridized carbons (Fsp3) is 0.636. The minimum absolute atomic E-state index is 0.174. The van der Waals surface area contributed by atoms with E-state index in [4.69, 9.17) is 15.2 Å². The first-order chi connectivity index (χ1) is 7.78. The van der Waals surface area contributed by atoms with Crippen LogP contribution in [-0.2, 0) is 4.74 Å². The highest BCUT2D eigenvalue weighted by Gasteiger charge is 2.23. The number of methoxy groups -OCH3 is 1. The van der Waals surface area contributed by atoms with Crippen molar-refractivity contribution < 1.29 is 9.47 Å². The molecule has 1 aliphatic rings. The molecule has 1 fully saturated rings. The third-order valence-corrected chi connectivity index (χ3v) is 2.85. The summed E-state index contributed by atoms with van der Waals surface area (Å²) in [6, 6.07) is 1.73. The zero-order valence-corrected chi connectivity index (χ0v) is 9.43. The molecule has 1 aromatic rings. The Morgan fingerprint density at radius 1 is 1.38 bits per heavy atom. The van der Waals surface area contributed by atoms with Crippen molar-refractivity contribution in [3.8, 4) is 5.88 Å². The van der Waals surface area contributed by atoms with Gasteiger partial charge in [-0.05, 0) is 19.3 Å². The van der Waals surface area contributed by atoms with Crippen LogP contribution in [0.3, 0.4) is 0 Å². The van der Waals surface area contributed by atoms with Gasteiger partial charge in [-0.25, -0.2) is 4.98 Å². The number of hydrogen-bond acceptors (Lipinski definition) is 5. The van der Waals surface area contributed by atoms with Crippen LogP contribution in [0.2, 0.25) is 0 Å². The summed E-state index contributed by atoms with van der Waals surface area (Å²) in [5.41, 5.74) is 5.49. The molecule has 0 radical (unpaired) electrons. The summed E-state index contributed by atoms with van der Waals surface area (Å²) < 4.78 is 11.1. The Morgan fingerprint density at radius 3 is 2.94 bits per heavy atom. The predicted molar refractivity (Wildman–Crippen MR) is 60.1 cm³/mol. The summed E-state index contributed by atoms with van der Waals surface area (Å²) >= 11 is 0. The molecule has 0 unspecified atom stereocenters. The number of nitrogens with two attached hydrogens (primary N) is 1. The van der Waals surface area contributed by atoms with Gasteiger partial charge in [-0.3, -0.25) is 0 Å². The maximum atomic E-state index is 5.76. The molecule has 0 aromatic carbocycles. The van der Waals surface area contributed by atoms with E-state index in [9.17, 15) is 0 Å². The molecule has 0 spiro atoms. The second-order valence-corrected chi connectivity index (χ2v) is 4.02. The molecule has 5 heteroatoms. The van der Waals surface area contributed by atoms with E-state index in [2.05, 4.69) is 9.97 Å². The molecular weight excluding hydrogens is 206 g/mol. The van der Waals surface area contributed by atoms with Gasteiger partial charge < -0.3 is 15.2 Å². The van der Waals surface area contributed by atoms with Crippen molar-refractivity contribution in [2.45, 2.75) is 37.9 Å². The maximum Gasteiger partial charge on any atom is 0.223 e. The second kappa shape index (κ2) is 5.12. The number of nitrogen functional groups attached to an aromatic ring is 1. The van der Waals surface area contributed by atoms with Gasteiger partial charge in [-0.2, -0.15) is 4.98 Å². The van der Waals surface area contributed by atoms with Crippen molar-refractivity contribution in [1.82, 2.24) is 9.97 Å².